The highest BCUT2D eigenvalue weighted by Crippen LogP contribution is 2.46. The molecule has 0 saturated carbocycles. The van der Waals surface area contributed by atoms with Crippen LogP contribution in [-0.4, -0.2) is 59.0 Å². The van der Waals surface area contributed by atoms with Gasteiger partial charge in [-0.3, -0.25) is 4.57 Å². The number of ether oxygens (including phenoxy) is 6. The summed E-state index contributed by atoms with van der Waals surface area (Å²) in [6, 6.07) is 7.58. The van der Waals surface area contributed by atoms with E-state index in [1.807, 2.05) is 74.2 Å². The summed E-state index contributed by atoms with van der Waals surface area (Å²) >= 11 is 5.98. The van der Waals surface area contributed by atoms with Gasteiger partial charge in [-0.2, -0.15) is 0 Å². The van der Waals surface area contributed by atoms with E-state index in [0.29, 0.717) is 11.4 Å². The van der Waals surface area contributed by atoms with Crippen LogP contribution in [0.5, 0.6) is 5.75 Å². The van der Waals surface area contributed by atoms with E-state index in [2.05, 4.69) is 0 Å². The Morgan fingerprint density at radius 1 is 1.03 bits per heavy atom. The van der Waals surface area contributed by atoms with E-state index in [4.69, 9.17) is 40.6 Å². The van der Waals surface area contributed by atoms with Crippen molar-refractivity contribution in [2.45, 2.75) is 76.8 Å². The second-order valence-electron chi connectivity index (χ2n) is 9.39. The van der Waals surface area contributed by atoms with Crippen LogP contribution in [0.3, 0.4) is 0 Å². The SMILES string of the molecule is COc1ccccc1-n1c(C)cn([C@@H]2[C@H]3OC(C)(C)O[C@H]3O[C@@H]2[C@H]2COC(C)(C)O2)c1=S. The Labute approximate surface area is 192 Å². The molecule has 3 saturated heterocycles. The van der Waals surface area contributed by atoms with E-state index in [9.17, 15) is 0 Å². The summed E-state index contributed by atoms with van der Waals surface area (Å²) in [7, 11) is 1.66. The van der Waals surface area contributed by atoms with Crippen LogP contribution >= 0.6 is 12.2 Å². The van der Waals surface area contributed by atoms with Crippen molar-refractivity contribution in [1.82, 2.24) is 9.13 Å². The molecule has 0 amide bonds. The highest BCUT2D eigenvalue weighted by Gasteiger charge is 2.59. The lowest BCUT2D eigenvalue weighted by Gasteiger charge is -2.29. The number of nitrogens with zero attached hydrogens (tertiary/aromatic N) is 2. The van der Waals surface area contributed by atoms with Crippen LogP contribution < -0.4 is 4.74 Å². The van der Waals surface area contributed by atoms with Gasteiger partial charge in [0.2, 0.25) is 0 Å². The summed E-state index contributed by atoms with van der Waals surface area (Å²) in [6.07, 6.45) is 0.578. The molecule has 5 rings (SSSR count). The summed E-state index contributed by atoms with van der Waals surface area (Å²) < 4.78 is 41.0. The van der Waals surface area contributed by atoms with Gasteiger partial charge in [0.15, 0.2) is 22.6 Å². The van der Waals surface area contributed by atoms with Crippen LogP contribution in [0.4, 0.5) is 0 Å². The van der Waals surface area contributed by atoms with E-state index in [0.717, 1.165) is 17.1 Å². The van der Waals surface area contributed by atoms with Gasteiger partial charge in [-0.05, 0) is 59.0 Å². The Kier molecular flexibility index (Phi) is 5.27. The molecule has 0 radical (unpaired) electrons. The quantitative estimate of drug-likeness (QED) is 0.639. The molecule has 0 aliphatic carbocycles. The lowest BCUT2D eigenvalue weighted by Crippen LogP contribution is -2.40. The molecule has 3 fully saturated rings. The van der Waals surface area contributed by atoms with Crippen molar-refractivity contribution >= 4 is 12.2 Å². The Balaban J connectivity index is 1.58. The molecule has 5 atom stereocenters. The van der Waals surface area contributed by atoms with Crippen molar-refractivity contribution in [2.24, 2.45) is 0 Å². The Morgan fingerprint density at radius 2 is 1.78 bits per heavy atom. The minimum absolute atomic E-state index is 0.244. The van der Waals surface area contributed by atoms with Crippen LogP contribution in [0.1, 0.15) is 39.4 Å². The van der Waals surface area contributed by atoms with Crippen LogP contribution in [-0.2, 0) is 23.7 Å². The second-order valence-corrected chi connectivity index (χ2v) is 9.76. The molecule has 3 aliphatic rings. The van der Waals surface area contributed by atoms with Gasteiger partial charge < -0.3 is 33.0 Å². The number of fused-ring (bicyclic) bond motifs is 1. The zero-order valence-electron chi connectivity index (χ0n) is 19.2. The molecule has 0 bridgehead atoms. The van der Waals surface area contributed by atoms with Crippen LogP contribution in [0.15, 0.2) is 30.5 Å². The zero-order chi connectivity index (χ0) is 22.8. The predicted octanol–water partition coefficient (Wildman–Crippen LogP) is 3.89. The number of benzene rings is 1. The molecule has 1 aromatic carbocycles. The number of hydrogen-bond acceptors (Lipinski definition) is 7. The first-order chi connectivity index (χ1) is 15.1. The third kappa shape index (κ3) is 3.61. The Hall–Kier alpha value is -1.75. The molecule has 2 aromatic rings. The van der Waals surface area contributed by atoms with Gasteiger partial charge in [0, 0.05) is 11.9 Å². The first kappa shape index (κ1) is 22.1. The number of para-hydroxylation sites is 2. The van der Waals surface area contributed by atoms with E-state index >= 15 is 0 Å². The van der Waals surface area contributed by atoms with E-state index in [1.54, 1.807) is 7.11 Å². The summed E-state index contributed by atoms with van der Waals surface area (Å²) in [4.78, 5) is 0. The molecule has 0 spiro atoms. The normalized spacial score (nSPS) is 32.9. The standard InChI is InChI=1S/C23H30N2O6S/c1-13-11-24(21(32)25(13)14-9-7-8-10-15(14)26-6)17-18(16-12-27-22(2,3)29-16)28-20-19(17)30-23(4,5)31-20/h7-11,16-20H,12H2,1-6H3/t16-,17+,18-,19-,20-/m1/s1. The predicted molar refractivity (Wildman–Crippen MR) is 119 cm³/mol. The number of imidazole rings is 1. The third-order valence-electron chi connectivity index (χ3n) is 6.19. The van der Waals surface area contributed by atoms with E-state index in [1.165, 1.54) is 0 Å². The zero-order valence-corrected chi connectivity index (χ0v) is 20.0. The van der Waals surface area contributed by atoms with Crippen molar-refractivity contribution in [1.29, 1.82) is 0 Å². The minimum Gasteiger partial charge on any atom is -0.495 e. The topological polar surface area (TPSA) is 65.2 Å². The Morgan fingerprint density at radius 3 is 2.47 bits per heavy atom. The summed E-state index contributed by atoms with van der Waals surface area (Å²) in [6.45, 7) is 10.0. The summed E-state index contributed by atoms with van der Waals surface area (Å²) in [5.41, 5.74) is 1.86. The smallest absolute Gasteiger partial charge is 0.189 e. The van der Waals surface area contributed by atoms with Gasteiger partial charge in [0.1, 0.15) is 24.1 Å². The van der Waals surface area contributed by atoms with Crippen molar-refractivity contribution < 1.29 is 28.4 Å². The molecule has 174 valence electrons. The fraction of sp³-hybridized carbons (Fsp3) is 0.609. The van der Waals surface area contributed by atoms with Crippen LogP contribution in [0.25, 0.3) is 5.69 Å². The lowest BCUT2D eigenvalue weighted by atomic mass is 10.0. The van der Waals surface area contributed by atoms with E-state index < -0.39 is 17.9 Å². The first-order valence-corrected chi connectivity index (χ1v) is 11.3. The second kappa shape index (κ2) is 7.65. The number of hydrogen-bond donors (Lipinski definition) is 0. The van der Waals surface area contributed by atoms with Crippen molar-refractivity contribution in [3.05, 3.63) is 40.9 Å². The van der Waals surface area contributed by atoms with Gasteiger partial charge in [-0.15, -0.1) is 0 Å². The highest BCUT2D eigenvalue weighted by molar-refractivity contribution is 7.71. The maximum atomic E-state index is 6.37. The lowest BCUT2D eigenvalue weighted by molar-refractivity contribution is -0.225. The molecule has 8 nitrogen and oxygen atoms in total. The number of methoxy groups -OCH3 is 1. The van der Waals surface area contributed by atoms with Crippen molar-refractivity contribution in [2.75, 3.05) is 13.7 Å². The molecule has 1 aromatic heterocycles. The number of aryl methyl sites for hydroxylation is 1. The maximum Gasteiger partial charge on any atom is 0.189 e. The van der Waals surface area contributed by atoms with Gasteiger partial charge in [0.05, 0.1) is 25.4 Å². The molecule has 9 heteroatoms. The average Bonchev–Trinajstić information content (AvgIpc) is 3.41. The molecular formula is C23H30N2O6S. The largest absolute Gasteiger partial charge is 0.495 e. The molecule has 0 unspecified atom stereocenters. The molecular weight excluding hydrogens is 432 g/mol. The minimum atomic E-state index is -0.743. The monoisotopic (exact) mass is 462 g/mol. The van der Waals surface area contributed by atoms with Crippen molar-refractivity contribution in [3.63, 3.8) is 0 Å². The highest BCUT2D eigenvalue weighted by atomic mass is 32.1. The Bertz CT molecular complexity index is 1080. The molecule has 0 N–H and O–H groups in total. The fourth-order valence-corrected chi connectivity index (χ4v) is 5.34. The number of aromatic nitrogens is 2. The summed E-state index contributed by atoms with van der Waals surface area (Å²) in [5.74, 6) is -0.664. The maximum absolute atomic E-state index is 6.37. The molecule has 32 heavy (non-hydrogen) atoms. The van der Waals surface area contributed by atoms with Gasteiger partial charge >= 0.3 is 0 Å². The average molecular weight is 463 g/mol. The van der Waals surface area contributed by atoms with Crippen molar-refractivity contribution in [3.8, 4) is 11.4 Å². The van der Waals surface area contributed by atoms with Gasteiger partial charge in [0.25, 0.3) is 0 Å². The molecule has 4 heterocycles. The third-order valence-corrected chi connectivity index (χ3v) is 6.58. The first-order valence-electron chi connectivity index (χ1n) is 10.9. The van der Waals surface area contributed by atoms with Crippen LogP contribution in [0.2, 0.25) is 0 Å². The fourth-order valence-electron chi connectivity index (χ4n) is 4.92. The molecule has 3 aliphatic heterocycles. The summed E-state index contributed by atoms with van der Waals surface area (Å²) in [5, 5.41) is 0. The van der Waals surface area contributed by atoms with E-state index in [-0.39, 0.29) is 24.4 Å². The van der Waals surface area contributed by atoms with Crippen LogP contribution in [0, 0.1) is 11.7 Å². The van der Waals surface area contributed by atoms with Gasteiger partial charge in [-0.1, -0.05) is 12.1 Å². The van der Waals surface area contributed by atoms with Gasteiger partial charge in [-0.25, -0.2) is 0 Å². The number of rotatable bonds is 4.